The second-order valence-electron chi connectivity index (χ2n) is 7.79. The van der Waals surface area contributed by atoms with Crippen LogP contribution < -0.4 is 0 Å². The Morgan fingerprint density at radius 3 is 2.05 bits per heavy atom. The van der Waals surface area contributed by atoms with Gasteiger partial charge in [-0.25, -0.2) is 0 Å². The standard InChI is InChI=1S/C16H33N3/c1-13-12-19(16(3,4)5)14(2)11-15(13)18-9-7-17(6)8-10-18/h13-15H,7-12H2,1-6H3/t13-,14+,15?/m1/s1. The Morgan fingerprint density at radius 2 is 1.53 bits per heavy atom. The highest BCUT2D eigenvalue weighted by atomic mass is 15.3. The van der Waals surface area contributed by atoms with E-state index in [0.717, 1.165) is 12.0 Å². The monoisotopic (exact) mass is 267 g/mol. The van der Waals surface area contributed by atoms with Crippen molar-refractivity contribution >= 4 is 0 Å². The number of piperazine rings is 1. The van der Waals surface area contributed by atoms with Gasteiger partial charge in [-0.1, -0.05) is 6.92 Å². The second kappa shape index (κ2) is 5.71. The molecule has 19 heavy (non-hydrogen) atoms. The molecule has 0 radical (unpaired) electrons. The highest BCUT2D eigenvalue weighted by molar-refractivity contribution is 4.94. The zero-order valence-electron chi connectivity index (χ0n) is 13.8. The van der Waals surface area contributed by atoms with E-state index in [2.05, 4.69) is 56.4 Å². The summed E-state index contributed by atoms with van der Waals surface area (Å²) in [6.07, 6.45) is 1.34. The minimum atomic E-state index is 0.306. The zero-order chi connectivity index (χ0) is 14.2. The molecule has 3 heteroatoms. The number of hydrogen-bond donors (Lipinski definition) is 0. The molecule has 0 aromatic carbocycles. The van der Waals surface area contributed by atoms with Gasteiger partial charge in [-0.15, -0.1) is 0 Å². The summed E-state index contributed by atoms with van der Waals surface area (Å²) >= 11 is 0. The van der Waals surface area contributed by atoms with Crippen LogP contribution in [0.5, 0.6) is 0 Å². The Labute approximate surface area is 119 Å². The molecular weight excluding hydrogens is 234 g/mol. The lowest BCUT2D eigenvalue weighted by Crippen LogP contribution is -2.60. The fraction of sp³-hybridized carbons (Fsp3) is 1.00. The summed E-state index contributed by atoms with van der Waals surface area (Å²) in [6, 6.07) is 1.50. The SMILES string of the molecule is C[C@@H]1CN(C(C)(C)C)[C@@H](C)CC1N1CCN(C)CC1. The smallest absolute Gasteiger partial charge is 0.0149 e. The van der Waals surface area contributed by atoms with E-state index in [1.165, 1.54) is 39.1 Å². The van der Waals surface area contributed by atoms with Crippen molar-refractivity contribution in [2.75, 3.05) is 39.8 Å². The van der Waals surface area contributed by atoms with Crippen molar-refractivity contribution in [2.45, 2.75) is 58.7 Å². The lowest BCUT2D eigenvalue weighted by molar-refractivity contribution is -0.0250. The molecule has 2 fully saturated rings. The first-order valence-corrected chi connectivity index (χ1v) is 7.98. The summed E-state index contributed by atoms with van der Waals surface area (Å²) in [7, 11) is 2.24. The highest BCUT2D eigenvalue weighted by Crippen LogP contribution is 2.31. The normalized spacial score (nSPS) is 36.6. The molecule has 0 spiro atoms. The van der Waals surface area contributed by atoms with Crippen LogP contribution in [-0.2, 0) is 0 Å². The number of rotatable bonds is 1. The van der Waals surface area contributed by atoms with Gasteiger partial charge in [0.05, 0.1) is 0 Å². The summed E-state index contributed by atoms with van der Waals surface area (Å²) in [5, 5.41) is 0. The van der Waals surface area contributed by atoms with Crippen LogP contribution in [0.25, 0.3) is 0 Å². The predicted molar refractivity (Wildman–Crippen MR) is 82.6 cm³/mol. The van der Waals surface area contributed by atoms with Gasteiger partial charge in [0.15, 0.2) is 0 Å². The van der Waals surface area contributed by atoms with Gasteiger partial charge in [0.2, 0.25) is 0 Å². The molecule has 0 aromatic rings. The maximum Gasteiger partial charge on any atom is 0.0149 e. The fourth-order valence-corrected chi connectivity index (χ4v) is 3.92. The Kier molecular flexibility index (Phi) is 4.59. The van der Waals surface area contributed by atoms with Gasteiger partial charge in [-0.05, 0) is 47.1 Å². The molecule has 2 heterocycles. The molecule has 0 N–H and O–H groups in total. The maximum absolute atomic E-state index is 2.75. The van der Waals surface area contributed by atoms with Crippen LogP contribution in [0.4, 0.5) is 0 Å². The molecule has 2 rings (SSSR count). The van der Waals surface area contributed by atoms with Crippen molar-refractivity contribution in [3.63, 3.8) is 0 Å². The summed E-state index contributed by atoms with van der Waals surface area (Å²) < 4.78 is 0. The quantitative estimate of drug-likeness (QED) is 0.720. The van der Waals surface area contributed by atoms with E-state index < -0.39 is 0 Å². The fourth-order valence-electron chi connectivity index (χ4n) is 3.92. The van der Waals surface area contributed by atoms with Crippen LogP contribution >= 0.6 is 0 Å². The molecule has 2 aliphatic heterocycles. The largest absolute Gasteiger partial charge is 0.304 e. The van der Waals surface area contributed by atoms with E-state index in [4.69, 9.17) is 0 Å². The van der Waals surface area contributed by atoms with E-state index in [0.29, 0.717) is 11.6 Å². The zero-order valence-corrected chi connectivity index (χ0v) is 13.8. The molecule has 112 valence electrons. The minimum absolute atomic E-state index is 0.306. The van der Waals surface area contributed by atoms with Gasteiger partial charge in [-0.3, -0.25) is 9.80 Å². The Morgan fingerprint density at radius 1 is 0.947 bits per heavy atom. The van der Waals surface area contributed by atoms with Crippen molar-refractivity contribution in [3.8, 4) is 0 Å². The van der Waals surface area contributed by atoms with Gasteiger partial charge in [-0.2, -0.15) is 0 Å². The van der Waals surface area contributed by atoms with E-state index >= 15 is 0 Å². The first-order chi connectivity index (χ1) is 8.79. The first-order valence-electron chi connectivity index (χ1n) is 7.98. The van der Waals surface area contributed by atoms with Gasteiger partial charge >= 0.3 is 0 Å². The molecule has 2 saturated heterocycles. The topological polar surface area (TPSA) is 9.72 Å². The maximum atomic E-state index is 2.75. The summed E-state index contributed by atoms with van der Waals surface area (Å²) in [5.41, 5.74) is 0.306. The van der Waals surface area contributed by atoms with Crippen LogP contribution in [0, 0.1) is 5.92 Å². The van der Waals surface area contributed by atoms with Gasteiger partial charge in [0.1, 0.15) is 0 Å². The second-order valence-corrected chi connectivity index (χ2v) is 7.79. The van der Waals surface area contributed by atoms with E-state index in [1.807, 2.05) is 0 Å². The third-order valence-electron chi connectivity index (χ3n) is 5.12. The van der Waals surface area contributed by atoms with Crippen molar-refractivity contribution in [1.82, 2.24) is 14.7 Å². The third kappa shape index (κ3) is 3.50. The molecule has 0 aliphatic carbocycles. The Hall–Kier alpha value is -0.120. The number of likely N-dealkylation sites (tertiary alicyclic amines) is 1. The van der Waals surface area contributed by atoms with Crippen LogP contribution in [0.1, 0.15) is 41.0 Å². The highest BCUT2D eigenvalue weighted by Gasteiger charge is 2.38. The molecule has 3 nitrogen and oxygen atoms in total. The number of nitrogens with zero attached hydrogens (tertiary/aromatic N) is 3. The van der Waals surface area contributed by atoms with E-state index in [1.54, 1.807) is 0 Å². The molecule has 0 aromatic heterocycles. The summed E-state index contributed by atoms with van der Waals surface area (Å²) in [6.45, 7) is 18.2. The number of hydrogen-bond acceptors (Lipinski definition) is 3. The van der Waals surface area contributed by atoms with Gasteiger partial charge < -0.3 is 4.90 Å². The van der Waals surface area contributed by atoms with Crippen molar-refractivity contribution in [3.05, 3.63) is 0 Å². The Bertz CT molecular complexity index is 289. The molecule has 0 amide bonds. The molecule has 3 atom stereocenters. The predicted octanol–water partition coefficient (Wildman–Crippen LogP) is 2.13. The Balaban J connectivity index is 1.98. The average Bonchev–Trinajstić information content (AvgIpc) is 2.31. The minimum Gasteiger partial charge on any atom is -0.304 e. The summed E-state index contributed by atoms with van der Waals surface area (Å²) in [4.78, 5) is 7.90. The van der Waals surface area contributed by atoms with Crippen LogP contribution in [0.15, 0.2) is 0 Å². The molecule has 0 saturated carbocycles. The van der Waals surface area contributed by atoms with Crippen molar-refractivity contribution < 1.29 is 0 Å². The van der Waals surface area contributed by atoms with Crippen molar-refractivity contribution in [1.29, 1.82) is 0 Å². The van der Waals surface area contributed by atoms with Crippen molar-refractivity contribution in [2.24, 2.45) is 5.92 Å². The number of piperidine rings is 1. The van der Waals surface area contributed by atoms with Crippen LogP contribution in [-0.4, -0.2) is 72.1 Å². The van der Waals surface area contributed by atoms with Gasteiger partial charge in [0.25, 0.3) is 0 Å². The molecule has 0 bridgehead atoms. The average molecular weight is 267 g/mol. The summed E-state index contributed by atoms with van der Waals surface area (Å²) in [5.74, 6) is 0.791. The number of likely N-dealkylation sites (N-methyl/N-ethyl adjacent to an activating group) is 1. The lowest BCUT2D eigenvalue weighted by atomic mass is 9.85. The van der Waals surface area contributed by atoms with Crippen LogP contribution in [0.2, 0.25) is 0 Å². The lowest BCUT2D eigenvalue weighted by Gasteiger charge is -2.52. The molecule has 1 unspecified atom stereocenters. The van der Waals surface area contributed by atoms with E-state index in [-0.39, 0.29) is 0 Å². The third-order valence-corrected chi connectivity index (χ3v) is 5.12. The van der Waals surface area contributed by atoms with E-state index in [9.17, 15) is 0 Å². The first kappa shape index (κ1) is 15.3. The van der Waals surface area contributed by atoms with Gasteiger partial charge in [0, 0.05) is 50.3 Å². The molecular formula is C16H33N3. The molecule has 2 aliphatic rings. The van der Waals surface area contributed by atoms with Crippen LogP contribution in [0.3, 0.4) is 0 Å².